The second-order valence-corrected chi connectivity index (χ2v) is 2.83. The van der Waals surface area contributed by atoms with E-state index in [0.29, 0.717) is 0 Å². The molecule has 1 rings (SSSR count). The van der Waals surface area contributed by atoms with Gasteiger partial charge >= 0.3 is 0 Å². The van der Waals surface area contributed by atoms with Crippen molar-refractivity contribution in [3.8, 4) is 0 Å². The summed E-state index contributed by atoms with van der Waals surface area (Å²) in [4.78, 5) is 0. The molecule has 0 amide bonds. The van der Waals surface area contributed by atoms with E-state index in [2.05, 4.69) is 6.92 Å². The van der Waals surface area contributed by atoms with Gasteiger partial charge < -0.3 is 9.47 Å². The molecule has 0 N–H and O–H groups in total. The van der Waals surface area contributed by atoms with Crippen molar-refractivity contribution in [3.63, 3.8) is 0 Å². The van der Waals surface area contributed by atoms with E-state index in [1.54, 1.807) is 14.2 Å². The van der Waals surface area contributed by atoms with Crippen molar-refractivity contribution in [2.45, 2.75) is 39.4 Å². The van der Waals surface area contributed by atoms with Gasteiger partial charge in [-0.2, -0.15) is 0 Å². The maximum absolute atomic E-state index is 5.17. The molecule has 68 valence electrons. The van der Waals surface area contributed by atoms with Gasteiger partial charge in [-0.25, -0.2) is 0 Å². The normalized spacial score (nSPS) is 21.5. The minimum atomic E-state index is -0.223. The molecule has 0 spiro atoms. The lowest BCUT2D eigenvalue weighted by Crippen LogP contribution is -2.46. The molecular weight excluding hydrogens is 140 g/mol. The Balaban J connectivity index is 0.000000461. The molecule has 0 saturated heterocycles. The van der Waals surface area contributed by atoms with Crippen LogP contribution in [-0.4, -0.2) is 20.0 Å². The van der Waals surface area contributed by atoms with E-state index >= 15 is 0 Å². The zero-order valence-corrected chi connectivity index (χ0v) is 8.31. The molecule has 0 aliphatic heterocycles. The molecule has 1 aliphatic rings. The first-order chi connectivity index (χ1) is 5.22. The predicted octanol–water partition coefficient (Wildman–Crippen LogP) is 2.43. The first-order valence-corrected chi connectivity index (χ1v) is 4.33. The lowest BCUT2D eigenvalue weighted by Gasteiger charge is -2.43. The molecule has 0 atom stereocenters. The average molecular weight is 160 g/mol. The molecule has 1 fully saturated rings. The Labute approximate surface area is 69.9 Å². The average Bonchev–Trinajstić information content (AvgIpc) is 2.02. The summed E-state index contributed by atoms with van der Waals surface area (Å²) in [5.74, 6) is 0.546. The Morgan fingerprint density at radius 2 is 1.45 bits per heavy atom. The largest absolute Gasteiger partial charge is 0.353 e. The van der Waals surface area contributed by atoms with Crippen molar-refractivity contribution in [1.29, 1.82) is 0 Å². The van der Waals surface area contributed by atoms with Gasteiger partial charge in [0.1, 0.15) is 0 Å². The van der Waals surface area contributed by atoms with E-state index in [0.717, 1.165) is 18.8 Å². The topological polar surface area (TPSA) is 18.5 Å². The molecule has 0 bridgehead atoms. The van der Waals surface area contributed by atoms with Crippen molar-refractivity contribution in [2.75, 3.05) is 14.2 Å². The summed E-state index contributed by atoms with van der Waals surface area (Å²) in [6.45, 7) is 6.20. The molecule has 1 aliphatic carbocycles. The van der Waals surface area contributed by atoms with Crippen molar-refractivity contribution >= 4 is 0 Å². The van der Waals surface area contributed by atoms with Crippen molar-refractivity contribution in [3.05, 3.63) is 0 Å². The number of hydrogen-bond donors (Lipinski definition) is 0. The Morgan fingerprint density at radius 3 is 1.55 bits per heavy atom. The van der Waals surface area contributed by atoms with Crippen LogP contribution in [0.2, 0.25) is 0 Å². The van der Waals surface area contributed by atoms with Gasteiger partial charge in [-0.1, -0.05) is 20.8 Å². The van der Waals surface area contributed by atoms with Crippen molar-refractivity contribution in [2.24, 2.45) is 5.92 Å². The first-order valence-electron chi connectivity index (χ1n) is 4.33. The quantitative estimate of drug-likeness (QED) is 0.578. The van der Waals surface area contributed by atoms with Crippen LogP contribution >= 0.6 is 0 Å². The lowest BCUT2D eigenvalue weighted by molar-refractivity contribution is -0.267. The predicted molar refractivity (Wildman–Crippen MR) is 46.5 cm³/mol. The first kappa shape index (κ1) is 10.9. The number of methoxy groups -OCH3 is 2. The van der Waals surface area contributed by atoms with Crippen LogP contribution in [0, 0.1) is 5.92 Å². The molecular formula is C9H20O2. The monoisotopic (exact) mass is 160 g/mol. The van der Waals surface area contributed by atoms with Gasteiger partial charge in [0.25, 0.3) is 0 Å². The van der Waals surface area contributed by atoms with E-state index in [-0.39, 0.29) is 5.79 Å². The Bertz CT molecular complexity index is 89.7. The molecule has 0 aromatic rings. The van der Waals surface area contributed by atoms with Gasteiger partial charge in [0, 0.05) is 27.1 Å². The standard InChI is InChI=1S/C7H14O2.C2H6/c1-6-4-7(5-6,8-2)9-3;1-2/h6H,4-5H2,1-3H3;1-2H3. The van der Waals surface area contributed by atoms with Crippen LogP contribution in [0.4, 0.5) is 0 Å². The molecule has 2 heteroatoms. The molecule has 0 radical (unpaired) electrons. The Hall–Kier alpha value is -0.0800. The third-order valence-electron chi connectivity index (χ3n) is 2.06. The maximum atomic E-state index is 5.17. The fourth-order valence-electron chi connectivity index (χ4n) is 1.42. The molecule has 2 nitrogen and oxygen atoms in total. The summed E-state index contributed by atoms with van der Waals surface area (Å²) in [5, 5.41) is 0. The minimum absolute atomic E-state index is 0.223. The number of ether oxygens (including phenoxy) is 2. The molecule has 1 saturated carbocycles. The van der Waals surface area contributed by atoms with E-state index in [1.807, 2.05) is 13.8 Å². The molecule has 0 aromatic heterocycles. The highest BCUT2D eigenvalue weighted by molar-refractivity contribution is 4.85. The van der Waals surface area contributed by atoms with Gasteiger partial charge in [-0.3, -0.25) is 0 Å². The van der Waals surface area contributed by atoms with Crippen LogP contribution < -0.4 is 0 Å². The summed E-state index contributed by atoms with van der Waals surface area (Å²) in [7, 11) is 3.41. The Morgan fingerprint density at radius 1 is 1.09 bits per heavy atom. The van der Waals surface area contributed by atoms with Crippen LogP contribution in [0.5, 0.6) is 0 Å². The van der Waals surface area contributed by atoms with E-state index in [4.69, 9.17) is 9.47 Å². The van der Waals surface area contributed by atoms with Crippen LogP contribution in [-0.2, 0) is 9.47 Å². The number of rotatable bonds is 2. The molecule has 0 unspecified atom stereocenters. The van der Waals surface area contributed by atoms with Crippen LogP contribution in [0.15, 0.2) is 0 Å². The van der Waals surface area contributed by atoms with E-state index in [9.17, 15) is 0 Å². The highest BCUT2D eigenvalue weighted by Gasteiger charge is 2.42. The second kappa shape index (κ2) is 4.73. The van der Waals surface area contributed by atoms with Crippen LogP contribution in [0.1, 0.15) is 33.6 Å². The van der Waals surface area contributed by atoms with Gasteiger partial charge in [0.05, 0.1) is 0 Å². The highest BCUT2D eigenvalue weighted by atomic mass is 16.7. The SMILES string of the molecule is CC.COC1(OC)CC(C)C1. The molecule has 0 heterocycles. The molecule has 11 heavy (non-hydrogen) atoms. The summed E-state index contributed by atoms with van der Waals surface area (Å²) in [5.41, 5.74) is 0. The van der Waals surface area contributed by atoms with Crippen molar-refractivity contribution < 1.29 is 9.47 Å². The fraction of sp³-hybridized carbons (Fsp3) is 1.00. The maximum Gasteiger partial charge on any atom is 0.168 e. The minimum Gasteiger partial charge on any atom is -0.353 e. The van der Waals surface area contributed by atoms with Crippen molar-refractivity contribution in [1.82, 2.24) is 0 Å². The molecule has 0 aromatic carbocycles. The number of hydrogen-bond acceptors (Lipinski definition) is 2. The van der Waals surface area contributed by atoms with E-state index < -0.39 is 0 Å². The summed E-state index contributed by atoms with van der Waals surface area (Å²) < 4.78 is 10.3. The van der Waals surface area contributed by atoms with Crippen LogP contribution in [0.3, 0.4) is 0 Å². The lowest BCUT2D eigenvalue weighted by atomic mass is 9.80. The Kier molecular flexibility index (Phi) is 4.69. The van der Waals surface area contributed by atoms with E-state index in [1.165, 1.54) is 0 Å². The summed E-state index contributed by atoms with van der Waals surface area (Å²) in [6.07, 6.45) is 2.08. The summed E-state index contributed by atoms with van der Waals surface area (Å²) >= 11 is 0. The van der Waals surface area contributed by atoms with Crippen LogP contribution in [0.25, 0.3) is 0 Å². The highest BCUT2D eigenvalue weighted by Crippen LogP contribution is 2.40. The van der Waals surface area contributed by atoms with Gasteiger partial charge in [0.15, 0.2) is 5.79 Å². The third kappa shape index (κ3) is 2.46. The van der Waals surface area contributed by atoms with Gasteiger partial charge in [-0.15, -0.1) is 0 Å². The summed E-state index contributed by atoms with van der Waals surface area (Å²) in [6, 6.07) is 0. The zero-order chi connectivity index (χ0) is 8.91. The second-order valence-electron chi connectivity index (χ2n) is 2.83. The third-order valence-corrected chi connectivity index (χ3v) is 2.06. The fourth-order valence-corrected chi connectivity index (χ4v) is 1.42. The zero-order valence-electron chi connectivity index (χ0n) is 8.31. The smallest absolute Gasteiger partial charge is 0.168 e. The van der Waals surface area contributed by atoms with Gasteiger partial charge in [-0.05, 0) is 5.92 Å². The van der Waals surface area contributed by atoms with Gasteiger partial charge in [0.2, 0.25) is 0 Å².